The lowest BCUT2D eigenvalue weighted by Crippen LogP contribution is -2.03. The van der Waals surface area contributed by atoms with Gasteiger partial charge in [-0.25, -0.2) is 0 Å². The van der Waals surface area contributed by atoms with Crippen molar-refractivity contribution in [1.29, 1.82) is 0 Å². The molecule has 0 saturated heterocycles. The van der Waals surface area contributed by atoms with Crippen LogP contribution in [0.2, 0.25) is 0 Å². The number of hydrogen-bond donors (Lipinski definition) is 1. The molecule has 0 bridgehead atoms. The minimum atomic E-state index is -4.44. The molecule has 0 unspecified atom stereocenters. The third-order valence-corrected chi connectivity index (χ3v) is 3.01. The van der Waals surface area contributed by atoms with Crippen LogP contribution in [0.1, 0.15) is 16.3 Å². The van der Waals surface area contributed by atoms with E-state index in [1.165, 1.54) is 0 Å². The van der Waals surface area contributed by atoms with Gasteiger partial charge in [0.05, 0.1) is 0 Å². The van der Waals surface area contributed by atoms with Gasteiger partial charge in [-0.3, -0.25) is 4.98 Å². The molecule has 0 fully saturated rings. The molecule has 0 aliphatic heterocycles. The second-order valence-electron chi connectivity index (χ2n) is 3.57. The summed E-state index contributed by atoms with van der Waals surface area (Å²) in [5.41, 5.74) is 1.75. The van der Waals surface area contributed by atoms with Crippen molar-refractivity contribution < 1.29 is 13.2 Å². The van der Waals surface area contributed by atoms with E-state index in [2.05, 4.69) is 20.5 Å². The van der Waals surface area contributed by atoms with E-state index < -0.39 is 11.2 Å². The van der Waals surface area contributed by atoms with Gasteiger partial charge in [0.2, 0.25) is 10.1 Å². The zero-order chi connectivity index (χ0) is 13.2. The van der Waals surface area contributed by atoms with Crippen molar-refractivity contribution in [2.45, 2.75) is 19.6 Å². The van der Waals surface area contributed by atoms with Gasteiger partial charge in [0, 0.05) is 18.4 Å². The molecular weight excluding hydrogens is 265 g/mol. The van der Waals surface area contributed by atoms with Gasteiger partial charge in [-0.2, -0.15) is 13.2 Å². The van der Waals surface area contributed by atoms with E-state index in [4.69, 9.17) is 0 Å². The van der Waals surface area contributed by atoms with Gasteiger partial charge >= 0.3 is 6.18 Å². The molecule has 0 spiro atoms. The van der Waals surface area contributed by atoms with Gasteiger partial charge in [0.15, 0.2) is 0 Å². The lowest BCUT2D eigenvalue weighted by molar-refractivity contribution is -0.138. The summed E-state index contributed by atoms with van der Waals surface area (Å²) >= 11 is 0.483. The maximum atomic E-state index is 12.3. The van der Waals surface area contributed by atoms with Crippen molar-refractivity contribution in [2.24, 2.45) is 0 Å². The van der Waals surface area contributed by atoms with E-state index in [1.807, 2.05) is 19.1 Å². The summed E-state index contributed by atoms with van der Waals surface area (Å²) in [6, 6.07) is 3.68. The van der Waals surface area contributed by atoms with Crippen LogP contribution >= 0.6 is 11.3 Å². The third-order valence-electron chi connectivity index (χ3n) is 2.08. The first kappa shape index (κ1) is 12.7. The number of anilines is 1. The molecule has 0 aliphatic carbocycles. The number of pyridine rings is 1. The summed E-state index contributed by atoms with van der Waals surface area (Å²) in [6.07, 6.45) is -2.78. The quantitative estimate of drug-likeness (QED) is 0.935. The fraction of sp³-hybridized carbons (Fsp3) is 0.300. The minimum absolute atomic E-state index is 0.142. The fourth-order valence-electron chi connectivity index (χ4n) is 1.19. The van der Waals surface area contributed by atoms with Gasteiger partial charge < -0.3 is 5.32 Å². The molecule has 8 heteroatoms. The standard InChI is InChI=1S/C10H9F3N4S/c1-6-2-3-7(4-14-6)5-15-9-17-16-8(18-9)10(11,12)13/h2-4H,5H2,1H3,(H,15,17). The van der Waals surface area contributed by atoms with Gasteiger partial charge in [-0.05, 0) is 18.6 Å². The van der Waals surface area contributed by atoms with E-state index in [0.717, 1.165) is 11.3 Å². The van der Waals surface area contributed by atoms with E-state index >= 15 is 0 Å². The first-order chi connectivity index (χ1) is 8.45. The summed E-state index contributed by atoms with van der Waals surface area (Å²) in [4.78, 5) is 4.08. The van der Waals surface area contributed by atoms with Crippen LogP contribution in [0.4, 0.5) is 18.3 Å². The number of hydrogen-bond acceptors (Lipinski definition) is 5. The smallest absolute Gasteiger partial charge is 0.356 e. The number of aryl methyl sites for hydroxylation is 1. The second-order valence-corrected chi connectivity index (χ2v) is 4.55. The van der Waals surface area contributed by atoms with Crippen LogP contribution in [0.5, 0.6) is 0 Å². The molecule has 4 nitrogen and oxygen atoms in total. The van der Waals surface area contributed by atoms with Crippen LogP contribution in [0, 0.1) is 6.92 Å². The van der Waals surface area contributed by atoms with Gasteiger partial charge in [-0.1, -0.05) is 17.4 Å². The van der Waals surface area contributed by atoms with Crippen molar-refractivity contribution in [2.75, 3.05) is 5.32 Å². The summed E-state index contributed by atoms with van der Waals surface area (Å²) in [7, 11) is 0. The molecule has 18 heavy (non-hydrogen) atoms. The lowest BCUT2D eigenvalue weighted by Gasteiger charge is -2.02. The first-order valence-electron chi connectivity index (χ1n) is 5.01. The maximum Gasteiger partial charge on any atom is 0.445 e. The Balaban J connectivity index is 1.98. The van der Waals surface area contributed by atoms with Crippen molar-refractivity contribution >= 4 is 16.5 Å². The largest absolute Gasteiger partial charge is 0.445 e. The molecule has 0 amide bonds. The number of aromatic nitrogens is 3. The SMILES string of the molecule is Cc1ccc(CNc2nnc(C(F)(F)F)s2)cn1. The molecule has 0 saturated carbocycles. The molecule has 2 rings (SSSR count). The molecule has 2 heterocycles. The topological polar surface area (TPSA) is 50.7 Å². The molecule has 0 aliphatic rings. The van der Waals surface area contributed by atoms with E-state index in [1.54, 1.807) is 6.20 Å². The third kappa shape index (κ3) is 3.16. The van der Waals surface area contributed by atoms with Gasteiger partial charge in [-0.15, -0.1) is 10.2 Å². The van der Waals surface area contributed by atoms with Crippen LogP contribution in [0.15, 0.2) is 18.3 Å². The van der Waals surface area contributed by atoms with E-state index in [9.17, 15) is 13.2 Å². The average Bonchev–Trinajstić information content (AvgIpc) is 2.77. The Morgan fingerprint density at radius 2 is 2.06 bits per heavy atom. The molecule has 96 valence electrons. The van der Waals surface area contributed by atoms with E-state index in [-0.39, 0.29) is 5.13 Å². The number of nitrogens with one attached hydrogen (secondary N) is 1. The van der Waals surface area contributed by atoms with Crippen molar-refractivity contribution in [3.8, 4) is 0 Å². The zero-order valence-electron chi connectivity index (χ0n) is 9.32. The highest BCUT2D eigenvalue weighted by Gasteiger charge is 2.35. The summed E-state index contributed by atoms with van der Waals surface area (Å²) in [5, 5.41) is 8.48. The number of halogens is 3. The fourth-order valence-corrected chi connectivity index (χ4v) is 1.80. The monoisotopic (exact) mass is 274 g/mol. The molecule has 0 radical (unpaired) electrons. The van der Waals surface area contributed by atoms with Crippen LogP contribution in [-0.2, 0) is 12.7 Å². The predicted molar refractivity (Wildman–Crippen MR) is 61.2 cm³/mol. The lowest BCUT2D eigenvalue weighted by atomic mass is 10.2. The van der Waals surface area contributed by atoms with Gasteiger partial charge in [0.1, 0.15) is 0 Å². The van der Waals surface area contributed by atoms with Gasteiger partial charge in [0.25, 0.3) is 0 Å². The predicted octanol–water partition coefficient (Wildman–Crippen LogP) is 2.87. The number of alkyl halides is 3. The first-order valence-corrected chi connectivity index (χ1v) is 5.83. The molecule has 2 aromatic heterocycles. The molecule has 0 aromatic carbocycles. The van der Waals surface area contributed by atoms with Crippen molar-refractivity contribution in [3.05, 3.63) is 34.6 Å². The Bertz CT molecular complexity index is 521. The normalized spacial score (nSPS) is 11.6. The van der Waals surface area contributed by atoms with E-state index in [0.29, 0.717) is 17.9 Å². The Hall–Kier alpha value is -1.70. The zero-order valence-corrected chi connectivity index (χ0v) is 10.1. The Labute approximate surface area is 105 Å². The summed E-state index contributed by atoms with van der Waals surface area (Å²) in [5.74, 6) is 0. The van der Waals surface area contributed by atoms with Crippen molar-refractivity contribution in [1.82, 2.24) is 15.2 Å². The number of nitrogens with zero attached hydrogens (tertiary/aromatic N) is 3. The van der Waals surface area contributed by atoms with Crippen LogP contribution in [0.3, 0.4) is 0 Å². The highest BCUT2D eigenvalue weighted by Crippen LogP contribution is 2.33. The minimum Gasteiger partial charge on any atom is -0.356 e. The molecule has 1 N–H and O–H groups in total. The van der Waals surface area contributed by atoms with Crippen LogP contribution < -0.4 is 5.32 Å². The molecule has 2 aromatic rings. The molecule has 0 atom stereocenters. The maximum absolute atomic E-state index is 12.3. The van der Waals surface area contributed by atoms with Crippen LogP contribution in [0.25, 0.3) is 0 Å². The highest BCUT2D eigenvalue weighted by atomic mass is 32.1. The summed E-state index contributed by atoms with van der Waals surface area (Å²) in [6.45, 7) is 2.22. The Morgan fingerprint density at radius 3 is 2.61 bits per heavy atom. The highest BCUT2D eigenvalue weighted by molar-refractivity contribution is 7.15. The average molecular weight is 274 g/mol. The molecular formula is C10H9F3N4S. The van der Waals surface area contributed by atoms with Crippen molar-refractivity contribution in [3.63, 3.8) is 0 Å². The summed E-state index contributed by atoms with van der Waals surface area (Å²) < 4.78 is 36.8. The van der Waals surface area contributed by atoms with Crippen LogP contribution in [-0.4, -0.2) is 15.2 Å². The number of rotatable bonds is 3. The Morgan fingerprint density at radius 1 is 1.28 bits per heavy atom. The second kappa shape index (κ2) is 4.89. The Kier molecular flexibility index (Phi) is 3.46.